The minimum absolute atomic E-state index is 0.00822. The van der Waals surface area contributed by atoms with Crippen LogP contribution >= 0.6 is 0 Å². The molecule has 2 aliphatic rings. The lowest BCUT2D eigenvalue weighted by Gasteiger charge is -2.26. The first-order chi connectivity index (χ1) is 25.5. The molecule has 1 aliphatic carbocycles. The molecule has 6 rings (SSSR count). The van der Waals surface area contributed by atoms with E-state index < -0.39 is 6.17 Å². The van der Waals surface area contributed by atoms with E-state index in [1.54, 1.807) is 0 Å². The number of carbonyl (C=O) groups is 1. The molecule has 7 heteroatoms. The van der Waals surface area contributed by atoms with Crippen molar-refractivity contribution in [2.45, 2.75) is 123 Å². The standard InChI is InChI=1S/C46H57FN4O2/c1-6-8-10-14-25-51(24-13-9-7-2)45(52)36-18-11-12-19-38(36)53-39-29-34(46(3,4)5)27-33-28-37-42(44(49)50-43(37)48)41(40(33)39)32-17-15-16-31(26-32)30-20-22-35(47)23-21-30/h11-12,15-19,26-30,35H,6-10,13-14,20-25H2,1-5H3,(H3,48,49,50). The van der Waals surface area contributed by atoms with E-state index in [1.165, 1.54) is 5.56 Å². The van der Waals surface area contributed by atoms with Gasteiger partial charge in [0.2, 0.25) is 0 Å². The fourth-order valence-electron chi connectivity index (χ4n) is 7.95. The van der Waals surface area contributed by atoms with Gasteiger partial charge < -0.3 is 15.4 Å². The molecular formula is C46H57FN4O2. The minimum Gasteiger partial charge on any atom is -0.456 e. The summed E-state index contributed by atoms with van der Waals surface area (Å²) in [5.41, 5.74) is 12.4. The van der Waals surface area contributed by atoms with Crippen LogP contribution in [0.25, 0.3) is 21.9 Å². The van der Waals surface area contributed by atoms with E-state index >= 15 is 0 Å². The second kappa shape index (κ2) is 16.7. The number of nitrogens with one attached hydrogen (secondary N) is 1. The van der Waals surface area contributed by atoms with Crippen molar-refractivity contribution in [3.8, 4) is 22.6 Å². The summed E-state index contributed by atoms with van der Waals surface area (Å²) in [6, 6.07) is 22.4. The molecule has 0 aromatic heterocycles. The number of rotatable bonds is 14. The largest absolute Gasteiger partial charge is 0.456 e. The monoisotopic (exact) mass is 716 g/mol. The van der Waals surface area contributed by atoms with Gasteiger partial charge in [-0.1, -0.05) is 109 Å². The first kappa shape index (κ1) is 38.2. The van der Waals surface area contributed by atoms with Crippen molar-refractivity contribution in [2.75, 3.05) is 13.1 Å². The van der Waals surface area contributed by atoms with Gasteiger partial charge in [0.05, 0.1) is 5.56 Å². The van der Waals surface area contributed by atoms with Gasteiger partial charge in [0.1, 0.15) is 23.5 Å². The van der Waals surface area contributed by atoms with E-state index in [9.17, 15) is 9.18 Å². The summed E-state index contributed by atoms with van der Waals surface area (Å²) >= 11 is 0. The van der Waals surface area contributed by atoms with Crippen LogP contribution in [0.15, 0.2) is 71.7 Å². The van der Waals surface area contributed by atoms with Crippen LogP contribution in [-0.4, -0.2) is 41.7 Å². The lowest BCUT2D eigenvalue weighted by Crippen LogP contribution is -2.33. The molecule has 53 heavy (non-hydrogen) atoms. The maximum Gasteiger partial charge on any atom is 0.257 e. The number of unbranched alkanes of at least 4 members (excludes halogenated alkanes) is 5. The quantitative estimate of drug-likeness (QED) is 0.127. The Morgan fingerprint density at radius 3 is 2.28 bits per heavy atom. The molecule has 0 radical (unpaired) electrons. The summed E-state index contributed by atoms with van der Waals surface area (Å²) in [6.07, 6.45) is 9.60. The number of nitrogens with zero attached hydrogens (tertiary/aromatic N) is 2. The summed E-state index contributed by atoms with van der Waals surface area (Å²) in [5, 5.41) is 10.6. The Balaban J connectivity index is 1.51. The summed E-state index contributed by atoms with van der Waals surface area (Å²) in [6.45, 7) is 12.4. The van der Waals surface area contributed by atoms with Gasteiger partial charge in [0.15, 0.2) is 5.84 Å². The summed E-state index contributed by atoms with van der Waals surface area (Å²) < 4.78 is 21.2. The lowest BCUT2D eigenvalue weighted by molar-refractivity contribution is 0.0747. The van der Waals surface area contributed by atoms with Crippen LogP contribution in [0, 0.1) is 5.41 Å². The van der Waals surface area contributed by atoms with Crippen molar-refractivity contribution in [1.29, 1.82) is 5.41 Å². The van der Waals surface area contributed by atoms with Crippen LogP contribution in [0.5, 0.6) is 11.5 Å². The van der Waals surface area contributed by atoms with Crippen molar-refractivity contribution < 1.29 is 13.9 Å². The predicted octanol–water partition coefficient (Wildman–Crippen LogP) is 11.8. The Morgan fingerprint density at radius 2 is 1.57 bits per heavy atom. The van der Waals surface area contributed by atoms with Crippen molar-refractivity contribution in [2.24, 2.45) is 10.7 Å². The maximum atomic E-state index is 14.4. The van der Waals surface area contributed by atoms with Gasteiger partial charge in [0.25, 0.3) is 5.91 Å². The molecule has 1 heterocycles. The second-order valence-electron chi connectivity index (χ2n) is 16.1. The van der Waals surface area contributed by atoms with Gasteiger partial charge in [-0.2, -0.15) is 0 Å². The molecule has 4 aromatic carbocycles. The third kappa shape index (κ3) is 8.50. The molecule has 1 aliphatic heterocycles. The third-order valence-corrected chi connectivity index (χ3v) is 11.1. The summed E-state index contributed by atoms with van der Waals surface area (Å²) in [7, 11) is 0. The fourth-order valence-corrected chi connectivity index (χ4v) is 7.95. The zero-order valence-corrected chi connectivity index (χ0v) is 32.4. The number of alkyl halides is 1. The first-order valence-corrected chi connectivity index (χ1v) is 19.9. The second-order valence-corrected chi connectivity index (χ2v) is 16.1. The molecule has 0 bridgehead atoms. The molecule has 0 unspecified atom stereocenters. The third-order valence-electron chi connectivity index (χ3n) is 11.1. The highest BCUT2D eigenvalue weighted by Crippen LogP contribution is 2.46. The number of amides is 1. The van der Waals surface area contributed by atoms with Crippen molar-refractivity contribution in [3.05, 3.63) is 94.5 Å². The number of nitrogens with two attached hydrogens (primary N) is 1. The fraction of sp³-hybridized carbons (Fsp3) is 0.457. The molecule has 1 fully saturated rings. The first-order valence-electron chi connectivity index (χ1n) is 19.9. The van der Waals surface area contributed by atoms with E-state index in [1.807, 2.05) is 35.2 Å². The Hall–Kier alpha value is -4.52. The Kier molecular flexibility index (Phi) is 12.0. The number of carbonyl (C=O) groups excluding carboxylic acids is 1. The van der Waals surface area contributed by atoms with E-state index in [4.69, 9.17) is 15.9 Å². The highest BCUT2D eigenvalue weighted by molar-refractivity contribution is 6.27. The Labute approximate surface area is 315 Å². The highest BCUT2D eigenvalue weighted by Gasteiger charge is 2.30. The van der Waals surface area contributed by atoms with E-state index in [2.05, 4.69) is 76.0 Å². The lowest BCUT2D eigenvalue weighted by atomic mass is 9.80. The molecule has 6 nitrogen and oxygen atoms in total. The van der Waals surface area contributed by atoms with Gasteiger partial charge in [-0.25, -0.2) is 9.38 Å². The van der Waals surface area contributed by atoms with Crippen molar-refractivity contribution in [1.82, 2.24) is 4.90 Å². The van der Waals surface area contributed by atoms with Crippen molar-refractivity contribution in [3.63, 3.8) is 0 Å². The number of benzene rings is 4. The van der Waals surface area contributed by atoms with E-state index in [0.717, 1.165) is 104 Å². The highest BCUT2D eigenvalue weighted by atomic mass is 19.1. The normalized spacial score (nSPS) is 17.2. The minimum atomic E-state index is -0.728. The van der Waals surface area contributed by atoms with Crippen LogP contribution in [0.4, 0.5) is 4.39 Å². The van der Waals surface area contributed by atoms with Crippen LogP contribution in [0.3, 0.4) is 0 Å². The number of ether oxygens (including phenoxy) is 1. The number of halogens is 1. The molecule has 3 N–H and O–H groups in total. The summed E-state index contributed by atoms with van der Waals surface area (Å²) in [4.78, 5) is 20.9. The molecule has 1 amide bonds. The summed E-state index contributed by atoms with van der Waals surface area (Å²) in [5.74, 6) is 1.85. The molecule has 1 saturated carbocycles. The smallest absolute Gasteiger partial charge is 0.257 e. The number of hydrogen-bond acceptors (Lipinski definition) is 4. The van der Waals surface area contributed by atoms with Crippen LogP contribution in [0.1, 0.15) is 144 Å². The zero-order chi connectivity index (χ0) is 37.7. The van der Waals surface area contributed by atoms with E-state index in [0.29, 0.717) is 41.3 Å². The SMILES string of the molecule is CCCCCCN(CCCCC)C(=O)c1ccccc1Oc1cc(C(C)(C)C)cc2cc3c(c(-c4cccc(C5CCC(F)CC5)c4)c12)C(N)=NC3=N. The molecule has 0 atom stereocenters. The number of aliphatic imine (C=N–C) groups is 1. The molecule has 0 spiro atoms. The van der Waals surface area contributed by atoms with Crippen LogP contribution in [0.2, 0.25) is 0 Å². The van der Waals surface area contributed by atoms with Gasteiger partial charge in [-0.05, 0) is 96.2 Å². The average Bonchev–Trinajstić information content (AvgIpc) is 3.43. The van der Waals surface area contributed by atoms with Gasteiger partial charge in [-0.15, -0.1) is 0 Å². The number of hydrogen-bond donors (Lipinski definition) is 2. The topological polar surface area (TPSA) is 91.8 Å². The Bertz CT molecular complexity index is 1990. The van der Waals surface area contributed by atoms with Crippen LogP contribution in [-0.2, 0) is 5.41 Å². The van der Waals surface area contributed by atoms with Crippen LogP contribution < -0.4 is 10.5 Å². The molecule has 280 valence electrons. The van der Waals surface area contributed by atoms with Crippen molar-refractivity contribution >= 4 is 28.4 Å². The van der Waals surface area contributed by atoms with Gasteiger partial charge >= 0.3 is 0 Å². The van der Waals surface area contributed by atoms with Gasteiger partial charge in [-0.3, -0.25) is 10.2 Å². The number of fused-ring (bicyclic) bond motifs is 2. The maximum absolute atomic E-state index is 14.4. The average molecular weight is 717 g/mol. The molecule has 0 saturated heterocycles. The predicted molar refractivity (Wildman–Crippen MR) is 218 cm³/mol. The van der Waals surface area contributed by atoms with Gasteiger partial charge in [0, 0.05) is 35.2 Å². The van der Waals surface area contributed by atoms with E-state index in [-0.39, 0.29) is 23.1 Å². The number of para-hydroxylation sites is 1. The zero-order valence-electron chi connectivity index (χ0n) is 32.4. The Morgan fingerprint density at radius 1 is 0.868 bits per heavy atom. The molecule has 4 aromatic rings. The molecular weight excluding hydrogens is 660 g/mol. The number of amidine groups is 2.